The van der Waals surface area contributed by atoms with E-state index in [0.29, 0.717) is 16.9 Å². The molecule has 0 spiro atoms. The lowest BCUT2D eigenvalue weighted by Crippen LogP contribution is -2.21. The van der Waals surface area contributed by atoms with Gasteiger partial charge in [0.2, 0.25) is 0 Å². The van der Waals surface area contributed by atoms with E-state index >= 15 is 0 Å². The van der Waals surface area contributed by atoms with E-state index < -0.39 is 0 Å². The molecule has 7 nitrogen and oxygen atoms in total. The Bertz CT molecular complexity index is 851. The van der Waals surface area contributed by atoms with Gasteiger partial charge < -0.3 is 10.1 Å². The van der Waals surface area contributed by atoms with Crippen molar-refractivity contribution in [2.45, 2.75) is 6.92 Å². The second kappa shape index (κ2) is 6.95. The van der Waals surface area contributed by atoms with Crippen molar-refractivity contribution in [1.29, 1.82) is 0 Å². The Morgan fingerprint density at radius 1 is 1.29 bits per heavy atom. The summed E-state index contributed by atoms with van der Waals surface area (Å²) in [4.78, 5) is 12.0. The van der Waals surface area contributed by atoms with E-state index in [4.69, 9.17) is 12.6 Å². The number of tetrazole rings is 1. The van der Waals surface area contributed by atoms with E-state index in [2.05, 4.69) is 20.8 Å². The van der Waals surface area contributed by atoms with E-state index in [1.54, 1.807) is 30.3 Å². The maximum absolute atomic E-state index is 12.0. The number of nitrogens with zero attached hydrogens (tertiary/aromatic N) is 4. The summed E-state index contributed by atoms with van der Waals surface area (Å²) in [5.41, 5.74) is 3.01. The zero-order chi connectivity index (χ0) is 16.9. The zero-order valence-electron chi connectivity index (χ0n) is 13.0. The van der Waals surface area contributed by atoms with Gasteiger partial charge in [0.15, 0.2) is 6.61 Å². The number of nitrogens with one attached hydrogen (secondary N) is 1. The molecule has 0 atom stereocenters. The van der Waals surface area contributed by atoms with Crippen LogP contribution in [0, 0.1) is 6.92 Å². The summed E-state index contributed by atoms with van der Waals surface area (Å²) >= 11 is 0. The molecule has 0 aliphatic heterocycles. The number of hydrogen-bond donors (Lipinski definition) is 1. The molecule has 0 saturated heterocycles. The van der Waals surface area contributed by atoms with E-state index in [1.807, 2.05) is 19.1 Å². The number of amides is 1. The van der Waals surface area contributed by atoms with Gasteiger partial charge in [-0.1, -0.05) is 23.2 Å². The Morgan fingerprint density at radius 2 is 2.17 bits per heavy atom. The molecule has 0 saturated carbocycles. The number of benzene rings is 2. The minimum atomic E-state index is -0.257. The number of aryl methyl sites for hydroxylation is 1. The van der Waals surface area contributed by atoms with Gasteiger partial charge in [0, 0.05) is 11.8 Å². The van der Waals surface area contributed by atoms with Crippen LogP contribution in [0.1, 0.15) is 5.56 Å². The van der Waals surface area contributed by atoms with Gasteiger partial charge in [-0.05, 0) is 41.6 Å². The monoisotopic (exact) mass is 319 g/mol. The lowest BCUT2D eigenvalue weighted by atomic mass is 9.91. The number of carbonyl (C=O) groups excluding carboxylic acids is 1. The van der Waals surface area contributed by atoms with Gasteiger partial charge in [-0.25, -0.2) is 4.68 Å². The maximum atomic E-state index is 12.0. The third-order valence-electron chi connectivity index (χ3n) is 3.35. The van der Waals surface area contributed by atoms with Crippen LogP contribution in [-0.2, 0) is 4.79 Å². The van der Waals surface area contributed by atoms with Crippen LogP contribution in [0.15, 0.2) is 48.8 Å². The first-order valence-corrected chi connectivity index (χ1v) is 7.24. The van der Waals surface area contributed by atoms with Gasteiger partial charge in [-0.15, -0.1) is 5.10 Å². The minimum absolute atomic E-state index is 0.109. The van der Waals surface area contributed by atoms with Gasteiger partial charge in [0.25, 0.3) is 5.91 Å². The van der Waals surface area contributed by atoms with E-state index in [-0.39, 0.29) is 12.5 Å². The van der Waals surface area contributed by atoms with E-state index in [1.165, 1.54) is 11.0 Å². The Balaban J connectivity index is 1.60. The highest BCUT2D eigenvalue weighted by Gasteiger charge is 2.06. The first kappa shape index (κ1) is 15.7. The van der Waals surface area contributed by atoms with Crippen molar-refractivity contribution in [3.05, 3.63) is 54.4 Å². The normalized spacial score (nSPS) is 10.4. The molecule has 2 radical (unpaired) electrons. The molecule has 0 aliphatic carbocycles. The van der Waals surface area contributed by atoms with Crippen LogP contribution in [0.5, 0.6) is 5.75 Å². The van der Waals surface area contributed by atoms with Crippen molar-refractivity contribution in [2.24, 2.45) is 0 Å². The summed E-state index contributed by atoms with van der Waals surface area (Å²) in [6.45, 7) is 1.77. The molecule has 8 heteroatoms. The summed E-state index contributed by atoms with van der Waals surface area (Å²) in [5, 5.41) is 13.7. The van der Waals surface area contributed by atoms with E-state index in [9.17, 15) is 4.79 Å². The quantitative estimate of drug-likeness (QED) is 0.703. The van der Waals surface area contributed by atoms with Crippen LogP contribution >= 0.6 is 0 Å². The third kappa shape index (κ3) is 3.78. The molecule has 0 fully saturated rings. The van der Waals surface area contributed by atoms with Gasteiger partial charge in [0.1, 0.15) is 19.9 Å². The summed E-state index contributed by atoms with van der Waals surface area (Å²) in [5.74, 6) is 0.290. The maximum Gasteiger partial charge on any atom is 0.262 e. The highest BCUT2D eigenvalue weighted by atomic mass is 16.5. The van der Waals surface area contributed by atoms with E-state index in [0.717, 1.165) is 11.3 Å². The Morgan fingerprint density at radius 3 is 2.92 bits per heavy atom. The number of anilines is 1. The van der Waals surface area contributed by atoms with Crippen molar-refractivity contribution >= 4 is 24.9 Å². The molecule has 24 heavy (non-hydrogen) atoms. The fraction of sp³-hybridized carbons (Fsp3) is 0.125. The predicted octanol–water partition coefficient (Wildman–Crippen LogP) is 0.782. The zero-order valence-corrected chi connectivity index (χ0v) is 13.0. The molecule has 118 valence electrons. The van der Waals surface area contributed by atoms with Crippen molar-refractivity contribution in [1.82, 2.24) is 20.2 Å². The Labute approximate surface area is 140 Å². The topological polar surface area (TPSA) is 81.9 Å². The fourth-order valence-electron chi connectivity index (χ4n) is 2.09. The molecule has 3 rings (SSSR count). The van der Waals surface area contributed by atoms with Crippen molar-refractivity contribution in [3.8, 4) is 11.4 Å². The van der Waals surface area contributed by atoms with Crippen LogP contribution in [0.25, 0.3) is 5.69 Å². The van der Waals surface area contributed by atoms with Gasteiger partial charge in [-0.2, -0.15) is 0 Å². The first-order valence-electron chi connectivity index (χ1n) is 7.24. The molecule has 1 N–H and O–H groups in total. The van der Waals surface area contributed by atoms with Crippen LogP contribution in [0.3, 0.4) is 0 Å². The molecule has 0 aliphatic rings. The van der Waals surface area contributed by atoms with Gasteiger partial charge in [-0.3, -0.25) is 4.79 Å². The van der Waals surface area contributed by atoms with Crippen LogP contribution in [0.4, 0.5) is 5.69 Å². The summed E-state index contributed by atoms with van der Waals surface area (Å²) in [6.07, 6.45) is 1.48. The fourth-order valence-corrected chi connectivity index (χ4v) is 2.09. The highest BCUT2D eigenvalue weighted by molar-refractivity contribution is 6.33. The predicted molar refractivity (Wildman–Crippen MR) is 89.8 cm³/mol. The highest BCUT2D eigenvalue weighted by Crippen LogP contribution is 2.16. The third-order valence-corrected chi connectivity index (χ3v) is 3.35. The minimum Gasteiger partial charge on any atom is -0.484 e. The largest absolute Gasteiger partial charge is 0.484 e. The molecule has 0 bridgehead atoms. The molecular formula is C16H14BN5O2. The van der Waals surface area contributed by atoms with Crippen LogP contribution in [0.2, 0.25) is 0 Å². The number of hydrogen-bond acceptors (Lipinski definition) is 5. The second-order valence-electron chi connectivity index (χ2n) is 5.16. The number of aromatic nitrogens is 4. The molecule has 1 amide bonds. The number of carbonyl (C=O) groups is 1. The lowest BCUT2D eigenvalue weighted by Gasteiger charge is -2.10. The molecular weight excluding hydrogens is 305 g/mol. The Kier molecular flexibility index (Phi) is 4.55. The van der Waals surface area contributed by atoms with Gasteiger partial charge >= 0.3 is 0 Å². The standard InChI is InChI=1S/C16H14BN5O2/c1-11-7-12(5-6-15(11)17)19-16(23)9-24-14-4-2-3-13(8-14)22-10-18-20-21-22/h2-8,10H,9H2,1H3,(H,19,23). The van der Waals surface area contributed by atoms with Crippen LogP contribution in [-0.4, -0.2) is 40.6 Å². The Hall–Kier alpha value is -3.16. The molecule has 0 unspecified atom stereocenters. The molecule has 1 aromatic heterocycles. The van der Waals surface area contributed by atoms with Crippen molar-refractivity contribution in [2.75, 3.05) is 11.9 Å². The smallest absolute Gasteiger partial charge is 0.262 e. The average molecular weight is 319 g/mol. The van der Waals surface area contributed by atoms with Gasteiger partial charge in [0.05, 0.1) is 5.69 Å². The average Bonchev–Trinajstić information content (AvgIpc) is 3.11. The lowest BCUT2D eigenvalue weighted by molar-refractivity contribution is -0.118. The summed E-state index contributed by atoms with van der Waals surface area (Å²) in [6, 6.07) is 12.4. The SMILES string of the molecule is [B]c1ccc(NC(=O)COc2cccc(-n3cnnn3)c2)cc1C. The molecule has 1 heterocycles. The van der Waals surface area contributed by atoms with Crippen molar-refractivity contribution in [3.63, 3.8) is 0 Å². The number of ether oxygens (including phenoxy) is 1. The first-order chi connectivity index (χ1) is 11.6. The molecule has 2 aromatic carbocycles. The number of rotatable bonds is 5. The summed E-state index contributed by atoms with van der Waals surface area (Å²) < 4.78 is 7.02. The second-order valence-corrected chi connectivity index (χ2v) is 5.16. The van der Waals surface area contributed by atoms with Crippen molar-refractivity contribution < 1.29 is 9.53 Å². The van der Waals surface area contributed by atoms with Crippen LogP contribution < -0.4 is 15.5 Å². The molecule has 3 aromatic rings. The summed E-state index contributed by atoms with van der Waals surface area (Å²) in [7, 11) is 5.76.